The molecule has 0 N–H and O–H groups in total. The molecular weight excluding hydrogens is 312 g/mol. The van der Waals surface area contributed by atoms with E-state index in [1.807, 2.05) is 0 Å². The second kappa shape index (κ2) is 6.83. The molecule has 2 aliphatic carbocycles. The lowest BCUT2D eigenvalue weighted by Crippen LogP contribution is -2.07. The molecule has 0 aliphatic heterocycles. The van der Waals surface area contributed by atoms with Crippen molar-refractivity contribution < 1.29 is 4.12 Å². The summed E-state index contributed by atoms with van der Waals surface area (Å²) in [5, 5.41) is 0. The molecule has 2 aromatic rings. The molecular formula is C20H22OSi2. The maximum Gasteiger partial charge on any atom is 0.171 e. The maximum atomic E-state index is 5.92. The van der Waals surface area contributed by atoms with Gasteiger partial charge in [0.2, 0.25) is 0 Å². The Bertz CT molecular complexity index is 712. The lowest BCUT2D eigenvalue weighted by atomic mass is 9.87. The predicted octanol–water partition coefficient (Wildman–Crippen LogP) is 2.71. The Hall–Kier alpha value is -1.69. The third-order valence-corrected chi connectivity index (χ3v) is 7.58. The fraction of sp³-hybridized carbons (Fsp3) is 0.200. The quantitative estimate of drug-likeness (QED) is 0.583. The van der Waals surface area contributed by atoms with Crippen LogP contribution in [0.4, 0.5) is 0 Å². The molecule has 0 bridgehead atoms. The second-order valence-corrected chi connectivity index (χ2v) is 9.64. The van der Waals surface area contributed by atoms with E-state index in [0.717, 1.165) is 0 Å². The molecule has 0 radical (unpaired) electrons. The van der Waals surface area contributed by atoms with Crippen LogP contribution in [0.2, 0.25) is 0 Å². The van der Waals surface area contributed by atoms with Gasteiger partial charge in [-0.25, -0.2) is 0 Å². The van der Waals surface area contributed by atoms with Crippen molar-refractivity contribution in [2.75, 3.05) is 0 Å². The first-order valence-corrected chi connectivity index (χ1v) is 11.3. The Morgan fingerprint density at radius 1 is 0.652 bits per heavy atom. The van der Waals surface area contributed by atoms with Crippen LogP contribution in [0.1, 0.15) is 33.4 Å². The van der Waals surface area contributed by atoms with Gasteiger partial charge in [0, 0.05) is 0 Å². The average molecular weight is 335 g/mol. The molecule has 0 fully saturated rings. The molecule has 0 heterocycles. The Balaban J connectivity index is 1.21. The second-order valence-electron chi connectivity index (χ2n) is 6.40. The van der Waals surface area contributed by atoms with Gasteiger partial charge in [0.15, 0.2) is 19.5 Å². The summed E-state index contributed by atoms with van der Waals surface area (Å²) in [5.41, 5.74) is 13.3. The van der Waals surface area contributed by atoms with Gasteiger partial charge in [0.05, 0.1) is 0 Å². The molecule has 1 nitrogen and oxygen atoms in total. The summed E-state index contributed by atoms with van der Waals surface area (Å²) < 4.78 is 5.92. The zero-order valence-corrected chi connectivity index (χ0v) is 16.3. The van der Waals surface area contributed by atoms with Crippen molar-refractivity contribution in [3.63, 3.8) is 0 Å². The van der Waals surface area contributed by atoms with Crippen molar-refractivity contribution in [3.8, 4) is 0 Å². The topological polar surface area (TPSA) is 9.23 Å². The smallest absolute Gasteiger partial charge is 0.171 e. The molecule has 0 spiro atoms. The van der Waals surface area contributed by atoms with E-state index in [2.05, 4.69) is 59.9 Å². The summed E-state index contributed by atoms with van der Waals surface area (Å²) >= 11 is 0. The fourth-order valence-electron chi connectivity index (χ4n) is 3.21. The van der Waals surface area contributed by atoms with Gasteiger partial charge in [0.1, 0.15) is 0 Å². The largest absolute Gasteiger partial charge is 0.459 e. The fourth-order valence-corrected chi connectivity index (χ4v) is 5.58. The Morgan fingerprint density at radius 2 is 1.13 bits per heavy atom. The minimum Gasteiger partial charge on any atom is -0.459 e. The highest BCUT2D eigenvalue weighted by atomic mass is 28.3. The maximum absolute atomic E-state index is 5.92. The van der Waals surface area contributed by atoms with Gasteiger partial charge < -0.3 is 4.12 Å². The third kappa shape index (κ3) is 3.47. The van der Waals surface area contributed by atoms with Crippen molar-refractivity contribution in [3.05, 3.63) is 81.2 Å². The zero-order chi connectivity index (χ0) is 15.5. The van der Waals surface area contributed by atoms with Crippen molar-refractivity contribution in [2.45, 2.75) is 25.7 Å². The van der Waals surface area contributed by atoms with Crippen LogP contribution in [0, 0.1) is 0 Å². The van der Waals surface area contributed by atoms with E-state index in [1.165, 1.54) is 59.1 Å². The van der Waals surface area contributed by atoms with Crippen LogP contribution in [-0.4, -0.2) is 19.5 Å². The Morgan fingerprint density at radius 3 is 1.52 bits per heavy atom. The Labute approximate surface area is 143 Å². The molecule has 116 valence electrons. The number of fused-ring (bicyclic) bond motifs is 2. The molecule has 2 aliphatic rings. The van der Waals surface area contributed by atoms with E-state index in [9.17, 15) is 0 Å². The van der Waals surface area contributed by atoms with E-state index in [-0.39, 0.29) is 0 Å². The third-order valence-electron chi connectivity index (χ3n) is 4.84. The normalized spacial score (nSPS) is 16.3. The first-order valence-electron chi connectivity index (χ1n) is 8.53. The summed E-state index contributed by atoms with van der Waals surface area (Å²) in [5.74, 6) is 0. The van der Waals surface area contributed by atoms with Crippen LogP contribution >= 0.6 is 0 Å². The van der Waals surface area contributed by atoms with E-state index in [1.54, 1.807) is 0 Å². The van der Waals surface area contributed by atoms with Gasteiger partial charge in [0.25, 0.3) is 0 Å². The van der Waals surface area contributed by atoms with Crippen LogP contribution in [0.3, 0.4) is 0 Å². The molecule has 3 heteroatoms. The minimum atomic E-state index is -0.510. The van der Waals surface area contributed by atoms with E-state index in [4.69, 9.17) is 4.12 Å². The van der Waals surface area contributed by atoms with Gasteiger partial charge in [-0.15, -0.1) is 0 Å². The molecule has 0 aromatic heterocycles. The average Bonchev–Trinajstić information content (AvgIpc) is 2.51. The van der Waals surface area contributed by atoms with Gasteiger partial charge in [-0.05, 0) is 59.1 Å². The van der Waals surface area contributed by atoms with Crippen LogP contribution in [0.5, 0.6) is 0 Å². The van der Waals surface area contributed by atoms with Crippen molar-refractivity contribution in [2.24, 2.45) is 0 Å². The van der Waals surface area contributed by atoms with Crippen LogP contribution in [0.25, 0.3) is 12.2 Å². The lowest BCUT2D eigenvalue weighted by Gasteiger charge is -2.18. The summed E-state index contributed by atoms with van der Waals surface area (Å²) in [4.78, 5) is 0. The number of benzene rings is 2. The van der Waals surface area contributed by atoms with E-state index < -0.39 is 19.5 Å². The van der Waals surface area contributed by atoms with Gasteiger partial charge in [-0.3, -0.25) is 0 Å². The summed E-state index contributed by atoms with van der Waals surface area (Å²) in [6.45, 7) is 0. The highest BCUT2D eigenvalue weighted by Gasteiger charge is 2.12. The van der Waals surface area contributed by atoms with Crippen LogP contribution in [-0.2, 0) is 29.8 Å². The lowest BCUT2D eigenvalue weighted by molar-refractivity contribution is 0.662. The van der Waals surface area contributed by atoms with Gasteiger partial charge in [-0.1, -0.05) is 59.9 Å². The Kier molecular flexibility index (Phi) is 4.42. The molecule has 0 atom stereocenters. The SMILES string of the molecule is C(=C\c1ccc2c(c1)CC2)/[SiH2]O[SiH2]/C=C/c1ccc2c(c1)CC2. The molecule has 0 saturated carbocycles. The summed E-state index contributed by atoms with van der Waals surface area (Å²) in [6.07, 6.45) is 9.51. The van der Waals surface area contributed by atoms with Crippen LogP contribution in [0.15, 0.2) is 47.8 Å². The molecule has 0 unspecified atom stereocenters. The summed E-state index contributed by atoms with van der Waals surface area (Å²) in [6, 6.07) is 13.6. The van der Waals surface area contributed by atoms with Crippen molar-refractivity contribution in [1.82, 2.24) is 0 Å². The van der Waals surface area contributed by atoms with Gasteiger partial charge in [-0.2, -0.15) is 0 Å². The zero-order valence-electron chi connectivity index (χ0n) is 13.4. The minimum absolute atomic E-state index is 0.510. The number of aryl methyl sites for hydroxylation is 4. The van der Waals surface area contributed by atoms with Crippen LogP contribution < -0.4 is 0 Å². The molecule has 2 aromatic carbocycles. The molecule has 23 heavy (non-hydrogen) atoms. The summed E-state index contributed by atoms with van der Waals surface area (Å²) in [7, 11) is -1.02. The highest BCUT2D eigenvalue weighted by molar-refractivity contribution is 6.50. The van der Waals surface area contributed by atoms with Crippen molar-refractivity contribution >= 4 is 31.7 Å². The van der Waals surface area contributed by atoms with E-state index in [0.29, 0.717) is 0 Å². The number of hydrogen-bond acceptors (Lipinski definition) is 1. The number of hydrogen-bond donors (Lipinski definition) is 0. The molecule has 4 rings (SSSR count). The van der Waals surface area contributed by atoms with Gasteiger partial charge >= 0.3 is 0 Å². The first-order chi connectivity index (χ1) is 11.4. The highest BCUT2D eigenvalue weighted by Crippen LogP contribution is 2.24. The standard InChI is InChI=1S/C20H22OSi2/c1-3-17-5-7-19(17)13-15(1)9-11-22-21-23-12-10-16-2-4-18-6-8-20(18)14-16/h1-4,9-14H,5-8,22-23H2/b11-9+,12-10+. The first kappa shape index (κ1) is 14.9. The van der Waals surface area contributed by atoms with Crippen molar-refractivity contribution in [1.29, 1.82) is 0 Å². The van der Waals surface area contributed by atoms with E-state index >= 15 is 0 Å². The molecule has 0 saturated heterocycles. The predicted molar refractivity (Wildman–Crippen MR) is 104 cm³/mol. The monoisotopic (exact) mass is 334 g/mol. The number of rotatable bonds is 6. The molecule has 0 amide bonds.